The van der Waals surface area contributed by atoms with E-state index in [9.17, 15) is 0 Å². The van der Waals surface area contributed by atoms with Crippen LogP contribution in [-0.2, 0) is 0 Å². The summed E-state index contributed by atoms with van der Waals surface area (Å²) in [6.07, 6.45) is 3.19. The summed E-state index contributed by atoms with van der Waals surface area (Å²) in [6, 6.07) is 3.31. The van der Waals surface area contributed by atoms with E-state index in [4.69, 9.17) is 27.6 Å². The Morgan fingerprint density at radius 3 is 2.83 bits per heavy atom. The van der Waals surface area contributed by atoms with Gasteiger partial charge in [-0.15, -0.1) is 0 Å². The molecule has 2 heterocycles. The number of halogens is 3. The molecule has 96 valence electrons. The summed E-state index contributed by atoms with van der Waals surface area (Å²) < 4.78 is 6.35. The second kappa shape index (κ2) is 6.06. The van der Waals surface area contributed by atoms with E-state index in [0.29, 0.717) is 15.7 Å². The maximum Gasteiger partial charge on any atom is 0.141 e. The molecule has 0 saturated heterocycles. The predicted molar refractivity (Wildman–Crippen MR) is 76.2 cm³/mol. The third-order valence-electron chi connectivity index (χ3n) is 2.42. The second-order valence-corrected chi connectivity index (χ2v) is 5.34. The van der Waals surface area contributed by atoms with Gasteiger partial charge in [-0.25, -0.2) is 0 Å². The normalized spacial score (nSPS) is 12.7. The second-order valence-electron chi connectivity index (χ2n) is 3.64. The van der Waals surface area contributed by atoms with Crippen molar-refractivity contribution in [2.45, 2.75) is 13.0 Å². The maximum absolute atomic E-state index is 6.19. The average Bonchev–Trinajstić information content (AvgIpc) is 2.73. The molecule has 0 bridgehead atoms. The lowest BCUT2D eigenvalue weighted by atomic mass is 10.1. The van der Waals surface area contributed by atoms with Crippen molar-refractivity contribution >= 4 is 39.1 Å². The van der Waals surface area contributed by atoms with E-state index in [1.54, 1.807) is 18.5 Å². The van der Waals surface area contributed by atoms with E-state index in [0.717, 1.165) is 16.8 Å². The molecule has 0 aliphatic carbocycles. The molecule has 1 N–H and O–H groups in total. The molecule has 2 aromatic heterocycles. The Morgan fingerprint density at radius 2 is 2.28 bits per heavy atom. The van der Waals surface area contributed by atoms with E-state index >= 15 is 0 Å². The van der Waals surface area contributed by atoms with Crippen LogP contribution in [0, 0.1) is 0 Å². The van der Waals surface area contributed by atoms with Crippen molar-refractivity contribution in [2.24, 2.45) is 0 Å². The van der Waals surface area contributed by atoms with Crippen molar-refractivity contribution < 1.29 is 4.42 Å². The van der Waals surface area contributed by atoms with Gasteiger partial charge in [-0.3, -0.25) is 4.98 Å². The lowest BCUT2D eigenvalue weighted by molar-refractivity contribution is 0.445. The number of rotatable bonds is 4. The summed E-state index contributed by atoms with van der Waals surface area (Å²) in [5.74, 6) is 0.744. The molecule has 0 spiro atoms. The van der Waals surface area contributed by atoms with Gasteiger partial charge in [0.25, 0.3) is 0 Å². The number of hydrogen-bond acceptors (Lipinski definition) is 3. The summed E-state index contributed by atoms with van der Waals surface area (Å²) in [6.45, 7) is 2.77. The molecule has 18 heavy (non-hydrogen) atoms. The minimum atomic E-state index is -0.204. The van der Waals surface area contributed by atoms with Crippen LogP contribution in [0.3, 0.4) is 0 Å². The van der Waals surface area contributed by atoms with Gasteiger partial charge in [0, 0.05) is 6.20 Å². The Kier molecular flexibility index (Phi) is 4.67. The smallest absolute Gasteiger partial charge is 0.141 e. The number of aromatic nitrogens is 1. The number of furan rings is 1. The van der Waals surface area contributed by atoms with Crippen LogP contribution in [0.1, 0.15) is 24.4 Å². The third kappa shape index (κ3) is 2.88. The monoisotopic (exact) mass is 348 g/mol. The van der Waals surface area contributed by atoms with Crippen molar-refractivity contribution in [2.75, 3.05) is 6.54 Å². The van der Waals surface area contributed by atoms with E-state index in [2.05, 4.69) is 26.2 Å². The first-order valence-electron chi connectivity index (χ1n) is 5.40. The van der Waals surface area contributed by atoms with E-state index in [-0.39, 0.29) is 6.04 Å². The topological polar surface area (TPSA) is 38.1 Å². The van der Waals surface area contributed by atoms with Crippen molar-refractivity contribution in [3.05, 3.63) is 50.6 Å². The first-order chi connectivity index (χ1) is 8.63. The van der Waals surface area contributed by atoms with Crippen molar-refractivity contribution in [1.29, 1.82) is 0 Å². The average molecular weight is 350 g/mol. The minimum absolute atomic E-state index is 0.204. The molecular weight excluding hydrogens is 339 g/mol. The fourth-order valence-electron chi connectivity index (χ4n) is 1.67. The van der Waals surface area contributed by atoms with E-state index in [1.165, 1.54) is 0 Å². The highest BCUT2D eigenvalue weighted by atomic mass is 79.9. The quantitative estimate of drug-likeness (QED) is 0.886. The van der Waals surface area contributed by atoms with Gasteiger partial charge in [0.1, 0.15) is 11.8 Å². The van der Waals surface area contributed by atoms with Gasteiger partial charge in [-0.1, -0.05) is 30.1 Å². The maximum atomic E-state index is 6.19. The number of pyridine rings is 1. The van der Waals surface area contributed by atoms with Gasteiger partial charge < -0.3 is 9.73 Å². The fraction of sp³-hybridized carbons (Fsp3) is 0.250. The third-order valence-corrected chi connectivity index (χ3v) is 3.59. The molecule has 3 nitrogen and oxygen atoms in total. The van der Waals surface area contributed by atoms with Crippen LogP contribution in [0.4, 0.5) is 0 Å². The van der Waals surface area contributed by atoms with Crippen molar-refractivity contribution in [3.63, 3.8) is 0 Å². The van der Waals surface area contributed by atoms with Gasteiger partial charge in [-0.05, 0) is 34.6 Å². The lowest BCUT2D eigenvalue weighted by Crippen LogP contribution is -2.23. The summed E-state index contributed by atoms with van der Waals surface area (Å²) in [5.41, 5.74) is 0.693. The molecule has 0 aliphatic rings. The van der Waals surface area contributed by atoms with Gasteiger partial charge in [0.15, 0.2) is 0 Å². The Labute approximate surface area is 124 Å². The highest BCUT2D eigenvalue weighted by Gasteiger charge is 2.23. The van der Waals surface area contributed by atoms with Crippen LogP contribution in [0.15, 0.2) is 33.5 Å². The Bertz CT molecular complexity index is 545. The Balaban J connectivity index is 2.45. The Morgan fingerprint density at radius 1 is 1.50 bits per heavy atom. The van der Waals surface area contributed by atoms with Gasteiger partial charge in [-0.2, -0.15) is 0 Å². The van der Waals surface area contributed by atoms with Crippen LogP contribution >= 0.6 is 39.1 Å². The molecule has 0 fully saturated rings. The van der Waals surface area contributed by atoms with Gasteiger partial charge in [0.05, 0.1) is 26.5 Å². The fourth-order valence-corrected chi connectivity index (χ4v) is 2.59. The van der Waals surface area contributed by atoms with Crippen LogP contribution in [0.5, 0.6) is 0 Å². The molecule has 0 aromatic carbocycles. The molecule has 0 aliphatic heterocycles. The SMILES string of the molecule is CCNC(c1ncc(Cl)cc1Cl)c1occc1Br. The molecule has 6 heteroatoms. The van der Waals surface area contributed by atoms with E-state index in [1.807, 2.05) is 13.0 Å². The summed E-state index contributed by atoms with van der Waals surface area (Å²) in [7, 11) is 0. The molecule has 1 unspecified atom stereocenters. The molecule has 0 amide bonds. The Hall–Kier alpha value is -0.550. The number of hydrogen-bond donors (Lipinski definition) is 1. The molecular formula is C12H11BrCl2N2O. The van der Waals surface area contributed by atoms with E-state index < -0.39 is 0 Å². The lowest BCUT2D eigenvalue weighted by Gasteiger charge is -2.17. The zero-order chi connectivity index (χ0) is 13.1. The van der Waals surface area contributed by atoms with Crippen LogP contribution in [0.25, 0.3) is 0 Å². The van der Waals surface area contributed by atoms with Crippen LogP contribution < -0.4 is 5.32 Å². The first kappa shape index (κ1) is 13.9. The molecule has 0 saturated carbocycles. The molecule has 1 atom stereocenters. The molecule has 2 aromatic rings. The van der Waals surface area contributed by atoms with Gasteiger partial charge >= 0.3 is 0 Å². The highest BCUT2D eigenvalue weighted by Crippen LogP contribution is 2.32. The summed E-state index contributed by atoms with van der Waals surface area (Å²) in [5, 5.41) is 4.31. The minimum Gasteiger partial charge on any atom is -0.466 e. The first-order valence-corrected chi connectivity index (χ1v) is 6.95. The largest absolute Gasteiger partial charge is 0.466 e. The van der Waals surface area contributed by atoms with Crippen molar-refractivity contribution in [3.8, 4) is 0 Å². The zero-order valence-electron chi connectivity index (χ0n) is 9.58. The number of nitrogens with one attached hydrogen (secondary N) is 1. The van der Waals surface area contributed by atoms with Crippen LogP contribution in [-0.4, -0.2) is 11.5 Å². The summed E-state index contributed by atoms with van der Waals surface area (Å²) in [4.78, 5) is 4.29. The summed E-state index contributed by atoms with van der Waals surface area (Å²) >= 11 is 15.5. The number of nitrogens with zero attached hydrogens (tertiary/aromatic N) is 1. The highest BCUT2D eigenvalue weighted by molar-refractivity contribution is 9.10. The molecule has 0 radical (unpaired) electrons. The zero-order valence-corrected chi connectivity index (χ0v) is 12.7. The van der Waals surface area contributed by atoms with Crippen LogP contribution in [0.2, 0.25) is 10.0 Å². The van der Waals surface area contributed by atoms with Gasteiger partial charge in [0.2, 0.25) is 0 Å². The molecule has 2 rings (SSSR count). The predicted octanol–water partition coefficient (Wildman–Crippen LogP) is 4.44. The van der Waals surface area contributed by atoms with Crippen molar-refractivity contribution in [1.82, 2.24) is 10.3 Å². The standard InChI is InChI=1S/C12H11BrCl2N2O/c1-2-16-11(12-8(13)3-4-18-12)10-9(15)5-7(14)6-17-10/h3-6,11,16H,2H2,1H3.